The van der Waals surface area contributed by atoms with Crippen molar-refractivity contribution in [1.29, 1.82) is 0 Å². The van der Waals surface area contributed by atoms with Crippen molar-refractivity contribution in [3.8, 4) is 0 Å². The number of nitrogens with zero attached hydrogens (tertiary/aromatic N) is 2. The minimum Gasteiger partial charge on any atom is -0.481 e. The highest BCUT2D eigenvalue weighted by molar-refractivity contribution is 5.91. The Morgan fingerprint density at radius 1 is 1.26 bits per heavy atom. The van der Waals surface area contributed by atoms with Crippen molar-refractivity contribution in [2.45, 2.75) is 12.8 Å². The van der Waals surface area contributed by atoms with Crippen LogP contribution in [0.5, 0.6) is 0 Å². The third kappa shape index (κ3) is 3.82. The van der Waals surface area contributed by atoms with Gasteiger partial charge in [0.25, 0.3) is 5.91 Å². The second-order valence-corrected chi connectivity index (χ2v) is 4.61. The van der Waals surface area contributed by atoms with Crippen LogP contribution in [0.15, 0.2) is 22.8 Å². The first-order chi connectivity index (χ1) is 9.16. The molecule has 0 aromatic carbocycles. The van der Waals surface area contributed by atoms with Gasteiger partial charge in [0.05, 0.1) is 12.7 Å². The highest BCUT2D eigenvalue weighted by Gasteiger charge is 2.21. The maximum atomic E-state index is 12.1. The Morgan fingerprint density at radius 2 is 2.11 bits per heavy atom. The van der Waals surface area contributed by atoms with E-state index in [0.29, 0.717) is 31.9 Å². The van der Waals surface area contributed by atoms with Crippen LogP contribution in [-0.4, -0.2) is 59.5 Å². The lowest BCUT2D eigenvalue weighted by Crippen LogP contribution is -2.35. The molecule has 1 amide bonds. The van der Waals surface area contributed by atoms with Gasteiger partial charge >= 0.3 is 5.97 Å². The summed E-state index contributed by atoms with van der Waals surface area (Å²) < 4.78 is 5.11. The van der Waals surface area contributed by atoms with Crippen LogP contribution in [-0.2, 0) is 4.79 Å². The number of carbonyl (C=O) groups is 2. The Labute approximate surface area is 111 Å². The molecule has 1 aliphatic heterocycles. The molecular formula is C13H18N2O4. The molecule has 1 fully saturated rings. The van der Waals surface area contributed by atoms with Gasteiger partial charge in [0.2, 0.25) is 0 Å². The summed E-state index contributed by atoms with van der Waals surface area (Å²) in [7, 11) is 0. The monoisotopic (exact) mass is 266 g/mol. The van der Waals surface area contributed by atoms with Crippen LogP contribution < -0.4 is 0 Å². The number of aliphatic carboxylic acids is 1. The summed E-state index contributed by atoms with van der Waals surface area (Å²) in [5, 5.41) is 8.68. The molecule has 0 aliphatic carbocycles. The fourth-order valence-corrected chi connectivity index (χ4v) is 2.21. The SMILES string of the molecule is O=C(O)CCN1CCCN(C(=O)c2ccco2)CC1. The molecule has 0 radical (unpaired) electrons. The Morgan fingerprint density at radius 3 is 2.79 bits per heavy atom. The van der Waals surface area contributed by atoms with E-state index in [1.54, 1.807) is 17.0 Å². The molecule has 1 aliphatic rings. The van der Waals surface area contributed by atoms with Crippen LogP contribution in [0.3, 0.4) is 0 Å². The van der Waals surface area contributed by atoms with E-state index in [9.17, 15) is 9.59 Å². The summed E-state index contributed by atoms with van der Waals surface area (Å²) in [6, 6.07) is 3.36. The van der Waals surface area contributed by atoms with Crippen LogP contribution in [0.4, 0.5) is 0 Å². The van der Waals surface area contributed by atoms with Crippen molar-refractivity contribution in [1.82, 2.24) is 9.80 Å². The van der Waals surface area contributed by atoms with Gasteiger partial charge in [0.15, 0.2) is 5.76 Å². The topological polar surface area (TPSA) is 74.0 Å². The zero-order valence-corrected chi connectivity index (χ0v) is 10.7. The van der Waals surface area contributed by atoms with Gasteiger partial charge in [-0.15, -0.1) is 0 Å². The van der Waals surface area contributed by atoms with Gasteiger partial charge in [-0.05, 0) is 25.1 Å². The first-order valence-corrected chi connectivity index (χ1v) is 6.44. The minimum absolute atomic E-state index is 0.0925. The summed E-state index contributed by atoms with van der Waals surface area (Å²) in [5.74, 6) is -0.517. The summed E-state index contributed by atoms with van der Waals surface area (Å²) in [6.07, 6.45) is 2.49. The molecule has 6 heteroatoms. The smallest absolute Gasteiger partial charge is 0.304 e. The summed E-state index contributed by atoms with van der Waals surface area (Å²) >= 11 is 0. The lowest BCUT2D eigenvalue weighted by molar-refractivity contribution is -0.137. The van der Waals surface area contributed by atoms with Crippen LogP contribution >= 0.6 is 0 Å². The minimum atomic E-state index is -0.784. The summed E-state index contributed by atoms with van der Waals surface area (Å²) in [5.41, 5.74) is 0. The molecule has 0 saturated carbocycles. The first kappa shape index (κ1) is 13.6. The van der Waals surface area contributed by atoms with Crippen molar-refractivity contribution in [3.05, 3.63) is 24.2 Å². The van der Waals surface area contributed by atoms with Gasteiger partial charge in [-0.1, -0.05) is 0 Å². The van der Waals surface area contributed by atoms with Crippen LogP contribution in [0.25, 0.3) is 0 Å². The molecule has 1 aromatic heterocycles. The lowest BCUT2D eigenvalue weighted by atomic mass is 10.3. The molecule has 1 N–H and O–H groups in total. The van der Waals surface area contributed by atoms with Crippen LogP contribution in [0.1, 0.15) is 23.4 Å². The van der Waals surface area contributed by atoms with Gasteiger partial charge in [-0.2, -0.15) is 0 Å². The number of carboxylic acids is 1. The normalized spacial score (nSPS) is 17.2. The molecule has 104 valence electrons. The van der Waals surface area contributed by atoms with Crippen LogP contribution in [0, 0.1) is 0 Å². The van der Waals surface area contributed by atoms with E-state index in [0.717, 1.165) is 13.0 Å². The second-order valence-electron chi connectivity index (χ2n) is 4.61. The van der Waals surface area contributed by atoms with Crippen LogP contribution in [0.2, 0.25) is 0 Å². The molecule has 1 saturated heterocycles. The standard InChI is InChI=1S/C13H18N2O4/c16-12(17)4-7-14-5-2-6-15(9-8-14)13(18)11-3-1-10-19-11/h1,3,10H,2,4-9H2,(H,16,17). The average Bonchev–Trinajstić information content (AvgIpc) is 2.81. The molecule has 0 unspecified atom stereocenters. The predicted molar refractivity (Wildman–Crippen MR) is 67.9 cm³/mol. The molecule has 0 bridgehead atoms. The summed E-state index contributed by atoms with van der Waals surface area (Å²) in [4.78, 5) is 26.5. The molecule has 19 heavy (non-hydrogen) atoms. The van der Waals surface area contributed by atoms with E-state index in [1.165, 1.54) is 6.26 Å². The fraction of sp³-hybridized carbons (Fsp3) is 0.538. The molecule has 1 aromatic rings. The third-order valence-electron chi connectivity index (χ3n) is 3.25. The summed E-state index contributed by atoms with van der Waals surface area (Å²) in [6.45, 7) is 3.37. The number of carboxylic acid groups (broad SMARTS) is 1. The largest absolute Gasteiger partial charge is 0.481 e. The highest BCUT2D eigenvalue weighted by atomic mass is 16.4. The van der Waals surface area contributed by atoms with E-state index in [4.69, 9.17) is 9.52 Å². The number of hydrogen-bond donors (Lipinski definition) is 1. The number of furan rings is 1. The van der Waals surface area contributed by atoms with Gasteiger partial charge in [0.1, 0.15) is 0 Å². The second kappa shape index (κ2) is 6.38. The van der Waals surface area contributed by atoms with Gasteiger partial charge in [0, 0.05) is 26.2 Å². The molecule has 0 atom stereocenters. The predicted octanol–water partition coefficient (Wildman–Crippen LogP) is 0.902. The Balaban J connectivity index is 1.86. The van der Waals surface area contributed by atoms with E-state index in [1.807, 2.05) is 0 Å². The highest BCUT2D eigenvalue weighted by Crippen LogP contribution is 2.10. The van der Waals surface area contributed by atoms with Crippen molar-refractivity contribution >= 4 is 11.9 Å². The molecule has 6 nitrogen and oxygen atoms in total. The molecular weight excluding hydrogens is 248 g/mol. The van der Waals surface area contributed by atoms with E-state index >= 15 is 0 Å². The van der Waals surface area contributed by atoms with Crippen molar-refractivity contribution in [3.63, 3.8) is 0 Å². The maximum Gasteiger partial charge on any atom is 0.304 e. The Hall–Kier alpha value is -1.82. The molecule has 2 rings (SSSR count). The van der Waals surface area contributed by atoms with Gasteiger partial charge in [-0.3, -0.25) is 9.59 Å². The number of hydrogen-bond acceptors (Lipinski definition) is 4. The number of carbonyl (C=O) groups excluding carboxylic acids is 1. The molecule has 0 spiro atoms. The van der Waals surface area contributed by atoms with Crippen molar-refractivity contribution in [2.24, 2.45) is 0 Å². The zero-order valence-electron chi connectivity index (χ0n) is 10.7. The molecule has 2 heterocycles. The number of rotatable bonds is 4. The lowest BCUT2D eigenvalue weighted by Gasteiger charge is -2.20. The average molecular weight is 266 g/mol. The number of amides is 1. The Kier molecular flexibility index (Phi) is 4.57. The van der Waals surface area contributed by atoms with Gasteiger partial charge in [-0.25, -0.2) is 0 Å². The van der Waals surface area contributed by atoms with Crippen molar-refractivity contribution in [2.75, 3.05) is 32.7 Å². The quantitative estimate of drug-likeness (QED) is 0.876. The first-order valence-electron chi connectivity index (χ1n) is 6.44. The maximum absolute atomic E-state index is 12.1. The Bertz CT molecular complexity index is 430. The third-order valence-corrected chi connectivity index (χ3v) is 3.25. The van der Waals surface area contributed by atoms with Crippen molar-refractivity contribution < 1.29 is 19.1 Å². The van der Waals surface area contributed by atoms with Gasteiger partial charge < -0.3 is 19.3 Å². The van der Waals surface area contributed by atoms with E-state index < -0.39 is 5.97 Å². The fourth-order valence-electron chi connectivity index (χ4n) is 2.21. The van der Waals surface area contributed by atoms with E-state index in [-0.39, 0.29) is 12.3 Å². The zero-order chi connectivity index (χ0) is 13.7. The van der Waals surface area contributed by atoms with E-state index in [2.05, 4.69) is 4.90 Å².